The van der Waals surface area contributed by atoms with Crippen molar-refractivity contribution in [3.8, 4) is 0 Å². The second-order valence-electron chi connectivity index (χ2n) is 3.02. The molecule has 1 aromatic rings. The number of rotatable bonds is 3. The Kier molecular flexibility index (Phi) is 3.26. The van der Waals surface area contributed by atoms with Crippen molar-refractivity contribution >= 4 is 15.7 Å². The topological polar surface area (TPSA) is 77.2 Å². The highest BCUT2D eigenvalue weighted by Gasteiger charge is 2.12. The molecule has 15 heavy (non-hydrogen) atoms. The monoisotopic (exact) mass is 225 g/mol. The summed E-state index contributed by atoms with van der Waals surface area (Å²) >= 11 is 0. The number of amides is 1. The maximum Gasteiger partial charge on any atom is 0.245 e. The Balaban J connectivity index is 3.17. The van der Waals surface area contributed by atoms with Gasteiger partial charge in [-0.15, -0.1) is 0 Å². The molecule has 0 fully saturated rings. The largest absolute Gasteiger partial charge is 0.366 e. The smallest absolute Gasteiger partial charge is 0.245 e. The first-order valence-corrected chi connectivity index (χ1v) is 5.76. The summed E-state index contributed by atoms with van der Waals surface area (Å²) < 4.78 is 23.3. The summed E-state index contributed by atoms with van der Waals surface area (Å²) in [7, 11) is -3.57. The van der Waals surface area contributed by atoms with E-state index in [-0.39, 0.29) is 10.5 Å². The molecule has 1 amide bonds. The molecule has 5 heteroatoms. The van der Waals surface area contributed by atoms with Crippen LogP contribution in [0.15, 0.2) is 46.2 Å². The van der Waals surface area contributed by atoms with Gasteiger partial charge in [-0.05, 0) is 19.1 Å². The number of hydrogen-bond acceptors (Lipinski definition) is 3. The van der Waals surface area contributed by atoms with E-state index < -0.39 is 15.7 Å². The zero-order valence-electron chi connectivity index (χ0n) is 8.17. The van der Waals surface area contributed by atoms with Crippen molar-refractivity contribution in [2.75, 3.05) is 0 Å². The lowest BCUT2D eigenvalue weighted by molar-refractivity contribution is -0.114. The SMILES string of the molecule is C/C(=C\S(=O)(=O)c1ccccc1)C(N)=O. The summed E-state index contributed by atoms with van der Waals surface area (Å²) in [6.45, 7) is 1.36. The molecule has 0 aliphatic heterocycles. The minimum Gasteiger partial charge on any atom is -0.366 e. The summed E-state index contributed by atoms with van der Waals surface area (Å²) in [4.78, 5) is 10.8. The number of primary amides is 1. The quantitative estimate of drug-likeness (QED) is 0.775. The second kappa shape index (κ2) is 4.27. The van der Waals surface area contributed by atoms with Gasteiger partial charge in [0.15, 0.2) is 9.84 Å². The average Bonchev–Trinajstić information content (AvgIpc) is 2.18. The number of benzene rings is 1. The van der Waals surface area contributed by atoms with Crippen molar-refractivity contribution in [1.82, 2.24) is 0 Å². The molecular weight excluding hydrogens is 214 g/mol. The highest BCUT2D eigenvalue weighted by Crippen LogP contribution is 2.12. The van der Waals surface area contributed by atoms with Crippen molar-refractivity contribution in [2.45, 2.75) is 11.8 Å². The fraction of sp³-hybridized carbons (Fsp3) is 0.100. The summed E-state index contributed by atoms with van der Waals surface area (Å²) in [6.07, 6.45) is 0. The average molecular weight is 225 g/mol. The molecule has 0 radical (unpaired) electrons. The standard InChI is InChI=1S/C10H11NO3S/c1-8(10(11)12)7-15(13,14)9-5-3-2-4-6-9/h2-7H,1H3,(H2,11,12)/b8-7+. The van der Waals surface area contributed by atoms with Crippen LogP contribution in [0.25, 0.3) is 0 Å². The Hall–Kier alpha value is -1.62. The van der Waals surface area contributed by atoms with Gasteiger partial charge in [0.1, 0.15) is 0 Å². The first-order chi connectivity index (χ1) is 6.93. The Morgan fingerprint density at radius 2 is 1.80 bits per heavy atom. The van der Waals surface area contributed by atoms with Gasteiger partial charge in [0.25, 0.3) is 0 Å². The van der Waals surface area contributed by atoms with Crippen LogP contribution >= 0.6 is 0 Å². The van der Waals surface area contributed by atoms with Crippen LogP contribution in [-0.4, -0.2) is 14.3 Å². The normalized spacial score (nSPS) is 12.5. The molecule has 0 spiro atoms. The molecule has 0 saturated heterocycles. The summed E-state index contributed by atoms with van der Waals surface area (Å²) in [6, 6.07) is 7.85. The fourth-order valence-electron chi connectivity index (χ4n) is 0.969. The lowest BCUT2D eigenvalue weighted by Gasteiger charge is -1.99. The van der Waals surface area contributed by atoms with E-state index in [1.807, 2.05) is 0 Å². The molecular formula is C10H11NO3S. The van der Waals surface area contributed by atoms with E-state index in [9.17, 15) is 13.2 Å². The van der Waals surface area contributed by atoms with Gasteiger partial charge in [0.05, 0.1) is 4.90 Å². The van der Waals surface area contributed by atoms with Crippen LogP contribution in [0.1, 0.15) is 6.92 Å². The predicted molar refractivity (Wildman–Crippen MR) is 56.6 cm³/mol. The molecule has 0 saturated carbocycles. The lowest BCUT2D eigenvalue weighted by Crippen LogP contribution is -2.13. The minimum atomic E-state index is -3.57. The second-order valence-corrected chi connectivity index (χ2v) is 4.82. The van der Waals surface area contributed by atoms with Crippen molar-refractivity contribution < 1.29 is 13.2 Å². The molecule has 2 N–H and O–H groups in total. The number of sulfone groups is 1. The van der Waals surface area contributed by atoms with E-state index in [2.05, 4.69) is 0 Å². The van der Waals surface area contributed by atoms with Crippen LogP contribution in [-0.2, 0) is 14.6 Å². The third kappa shape index (κ3) is 2.92. The molecule has 0 bridgehead atoms. The molecule has 0 atom stereocenters. The molecule has 0 aliphatic carbocycles. The zero-order chi connectivity index (χ0) is 11.5. The molecule has 80 valence electrons. The van der Waals surface area contributed by atoms with Gasteiger partial charge in [-0.25, -0.2) is 8.42 Å². The Morgan fingerprint density at radius 3 is 2.27 bits per heavy atom. The van der Waals surface area contributed by atoms with Gasteiger partial charge in [0, 0.05) is 11.0 Å². The van der Waals surface area contributed by atoms with Crippen LogP contribution in [0.3, 0.4) is 0 Å². The Morgan fingerprint density at radius 1 is 1.27 bits per heavy atom. The first kappa shape index (κ1) is 11.5. The number of carbonyl (C=O) groups excluding carboxylic acids is 1. The van der Waals surface area contributed by atoms with Crippen molar-refractivity contribution in [1.29, 1.82) is 0 Å². The van der Waals surface area contributed by atoms with E-state index >= 15 is 0 Å². The third-order valence-electron chi connectivity index (χ3n) is 1.79. The molecule has 0 aromatic heterocycles. The fourth-order valence-corrected chi connectivity index (χ4v) is 2.22. The van der Waals surface area contributed by atoms with Gasteiger partial charge in [-0.3, -0.25) is 4.79 Å². The zero-order valence-corrected chi connectivity index (χ0v) is 8.99. The molecule has 0 heterocycles. The van der Waals surface area contributed by atoms with Crippen LogP contribution in [0.2, 0.25) is 0 Å². The minimum absolute atomic E-state index is 0.0128. The number of hydrogen-bond donors (Lipinski definition) is 1. The van der Waals surface area contributed by atoms with Gasteiger partial charge in [-0.1, -0.05) is 18.2 Å². The van der Waals surface area contributed by atoms with Crippen LogP contribution in [0.4, 0.5) is 0 Å². The van der Waals surface area contributed by atoms with E-state index in [1.54, 1.807) is 18.2 Å². The van der Waals surface area contributed by atoms with E-state index in [0.717, 1.165) is 5.41 Å². The molecule has 0 unspecified atom stereocenters. The first-order valence-electron chi connectivity index (χ1n) is 4.22. The number of nitrogens with two attached hydrogens (primary N) is 1. The van der Waals surface area contributed by atoms with E-state index in [0.29, 0.717) is 0 Å². The van der Waals surface area contributed by atoms with Gasteiger partial charge >= 0.3 is 0 Å². The predicted octanol–water partition coefficient (Wildman–Crippen LogP) is 0.849. The van der Waals surface area contributed by atoms with Crippen molar-refractivity contribution in [3.63, 3.8) is 0 Å². The van der Waals surface area contributed by atoms with Crippen LogP contribution in [0, 0.1) is 0 Å². The van der Waals surface area contributed by atoms with Crippen LogP contribution < -0.4 is 5.73 Å². The van der Waals surface area contributed by atoms with Gasteiger partial charge in [-0.2, -0.15) is 0 Å². The molecule has 4 nitrogen and oxygen atoms in total. The third-order valence-corrected chi connectivity index (χ3v) is 3.39. The number of carbonyl (C=O) groups is 1. The summed E-state index contributed by atoms with van der Waals surface area (Å²) in [5.41, 5.74) is 4.96. The van der Waals surface area contributed by atoms with Gasteiger partial charge in [0.2, 0.25) is 5.91 Å². The van der Waals surface area contributed by atoms with Crippen molar-refractivity contribution in [3.05, 3.63) is 41.3 Å². The molecule has 0 aliphatic rings. The Labute approximate surface area is 88.3 Å². The maximum absolute atomic E-state index is 11.7. The van der Waals surface area contributed by atoms with Crippen LogP contribution in [0.5, 0.6) is 0 Å². The highest BCUT2D eigenvalue weighted by molar-refractivity contribution is 7.94. The highest BCUT2D eigenvalue weighted by atomic mass is 32.2. The van der Waals surface area contributed by atoms with Gasteiger partial charge < -0.3 is 5.73 Å². The molecule has 1 aromatic carbocycles. The maximum atomic E-state index is 11.7. The van der Waals surface area contributed by atoms with E-state index in [4.69, 9.17) is 5.73 Å². The summed E-state index contributed by atoms with van der Waals surface area (Å²) in [5.74, 6) is -0.741. The summed E-state index contributed by atoms with van der Waals surface area (Å²) in [5, 5.41) is 0.880. The Bertz CT molecular complexity index is 489. The van der Waals surface area contributed by atoms with Crippen molar-refractivity contribution in [2.24, 2.45) is 5.73 Å². The lowest BCUT2D eigenvalue weighted by atomic mass is 10.3. The molecule has 1 rings (SSSR count). The van der Waals surface area contributed by atoms with E-state index in [1.165, 1.54) is 19.1 Å².